The zero-order valence-corrected chi connectivity index (χ0v) is 16.6. The van der Waals surface area contributed by atoms with Gasteiger partial charge in [0.25, 0.3) is 5.56 Å². The van der Waals surface area contributed by atoms with Crippen LogP contribution in [0.25, 0.3) is 11.1 Å². The van der Waals surface area contributed by atoms with Gasteiger partial charge in [-0.15, -0.1) is 0 Å². The van der Waals surface area contributed by atoms with Gasteiger partial charge in [-0.3, -0.25) is 9.69 Å². The van der Waals surface area contributed by atoms with Gasteiger partial charge < -0.3 is 14.6 Å². The minimum absolute atomic E-state index is 0.0426. The number of methoxy groups -OCH3 is 1. The third-order valence-corrected chi connectivity index (χ3v) is 4.59. The SMILES string of the molecule is CC.COc1cc(-c2cc(C)c(=O)n(C)c2)ccc1CN1CCNCC1. The fourth-order valence-electron chi connectivity index (χ4n) is 3.20. The third-order valence-electron chi connectivity index (χ3n) is 4.59. The van der Waals surface area contributed by atoms with Crippen LogP contribution in [-0.4, -0.2) is 42.8 Å². The number of rotatable bonds is 4. The quantitative estimate of drug-likeness (QED) is 0.914. The van der Waals surface area contributed by atoms with Crippen molar-refractivity contribution in [1.82, 2.24) is 14.8 Å². The Kier molecular flexibility index (Phi) is 7.42. The van der Waals surface area contributed by atoms with Crippen molar-refractivity contribution >= 4 is 0 Å². The molecule has 0 atom stereocenters. The summed E-state index contributed by atoms with van der Waals surface area (Å²) in [6.45, 7) is 10.9. The Balaban J connectivity index is 0.00000117. The molecule has 1 aromatic carbocycles. The zero-order chi connectivity index (χ0) is 19.1. The molecule has 0 spiro atoms. The van der Waals surface area contributed by atoms with E-state index in [1.54, 1.807) is 18.7 Å². The summed E-state index contributed by atoms with van der Waals surface area (Å²) in [6, 6.07) is 8.25. The molecule has 1 N–H and O–H groups in total. The maximum atomic E-state index is 11.9. The largest absolute Gasteiger partial charge is 0.496 e. The number of piperazine rings is 1. The summed E-state index contributed by atoms with van der Waals surface area (Å²) in [5, 5.41) is 3.37. The van der Waals surface area contributed by atoms with E-state index in [2.05, 4.69) is 28.4 Å². The van der Waals surface area contributed by atoms with Gasteiger partial charge in [0.2, 0.25) is 0 Å². The van der Waals surface area contributed by atoms with Gasteiger partial charge in [0.05, 0.1) is 7.11 Å². The molecule has 0 unspecified atom stereocenters. The smallest absolute Gasteiger partial charge is 0.253 e. The van der Waals surface area contributed by atoms with Crippen molar-refractivity contribution in [3.05, 3.63) is 51.9 Å². The first-order chi connectivity index (χ1) is 12.6. The molecule has 0 aliphatic carbocycles. The highest BCUT2D eigenvalue weighted by atomic mass is 16.5. The van der Waals surface area contributed by atoms with Gasteiger partial charge in [0.1, 0.15) is 5.75 Å². The van der Waals surface area contributed by atoms with Crippen LogP contribution >= 0.6 is 0 Å². The molecule has 0 radical (unpaired) electrons. The predicted molar refractivity (Wildman–Crippen MR) is 108 cm³/mol. The van der Waals surface area contributed by atoms with E-state index in [-0.39, 0.29) is 5.56 Å². The van der Waals surface area contributed by atoms with E-state index < -0.39 is 0 Å². The van der Waals surface area contributed by atoms with Gasteiger partial charge in [-0.2, -0.15) is 0 Å². The fourth-order valence-corrected chi connectivity index (χ4v) is 3.20. The molecule has 0 bridgehead atoms. The number of hydrogen-bond acceptors (Lipinski definition) is 4. The molecule has 2 aromatic rings. The molecule has 0 saturated carbocycles. The molecule has 1 saturated heterocycles. The number of aryl methyl sites for hydroxylation is 2. The summed E-state index contributed by atoms with van der Waals surface area (Å²) >= 11 is 0. The highest BCUT2D eigenvalue weighted by Crippen LogP contribution is 2.28. The maximum absolute atomic E-state index is 11.9. The summed E-state index contributed by atoms with van der Waals surface area (Å²) in [5.41, 5.74) is 4.08. The highest BCUT2D eigenvalue weighted by molar-refractivity contribution is 5.66. The molecule has 0 amide bonds. The average molecular weight is 357 g/mol. The lowest BCUT2D eigenvalue weighted by Gasteiger charge is -2.27. The molecule has 1 aliphatic heterocycles. The van der Waals surface area contributed by atoms with Crippen LogP contribution in [0.1, 0.15) is 25.0 Å². The first-order valence-corrected chi connectivity index (χ1v) is 9.36. The van der Waals surface area contributed by atoms with Crippen LogP contribution in [0.3, 0.4) is 0 Å². The van der Waals surface area contributed by atoms with Crippen molar-refractivity contribution in [2.45, 2.75) is 27.3 Å². The molecule has 2 heterocycles. The van der Waals surface area contributed by atoms with Crippen LogP contribution < -0.4 is 15.6 Å². The average Bonchev–Trinajstić information content (AvgIpc) is 2.68. The van der Waals surface area contributed by atoms with Gasteiger partial charge in [-0.05, 0) is 30.2 Å². The lowest BCUT2D eigenvalue weighted by Crippen LogP contribution is -2.42. The lowest BCUT2D eigenvalue weighted by molar-refractivity contribution is 0.230. The molecule has 142 valence electrons. The third kappa shape index (κ3) is 4.74. The first-order valence-electron chi connectivity index (χ1n) is 9.36. The highest BCUT2D eigenvalue weighted by Gasteiger charge is 2.14. The molecule has 1 fully saturated rings. The predicted octanol–water partition coefficient (Wildman–Crippen LogP) is 2.80. The molecular weight excluding hydrogens is 326 g/mol. The molecule has 3 rings (SSSR count). The number of nitrogens with zero attached hydrogens (tertiary/aromatic N) is 2. The summed E-state index contributed by atoms with van der Waals surface area (Å²) < 4.78 is 7.25. The summed E-state index contributed by atoms with van der Waals surface area (Å²) in [5.74, 6) is 0.900. The Labute approximate surface area is 156 Å². The van der Waals surface area contributed by atoms with Crippen LogP contribution in [0, 0.1) is 6.92 Å². The maximum Gasteiger partial charge on any atom is 0.253 e. The normalized spacial score (nSPS) is 14.5. The molecule has 1 aliphatic rings. The molecule has 5 heteroatoms. The van der Waals surface area contributed by atoms with Crippen molar-refractivity contribution in [1.29, 1.82) is 0 Å². The van der Waals surface area contributed by atoms with Crippen molar-refractivity contribution in [2.24, 2.45) is 7.05 Å². The van der Waals surface area contributed by atoms with E-state index in [9.17, 15) is 4.79 Å². The lowest BCUT2D eigenvalue weighted by atomic mass is 10.0. The number of hydrogen-bond donors (Lipinski definition) is 1. The van der Waals surface area contributed by atoms with Crippen LogP contribution in [0.2, 0.25) is 0 Å². The Morgan fingerprint density at radius 3 is 2.42 bits per heavy atom. The number of ether oxygens (including phenoxy) is 1. The Hall–Kier alpha value is -2.11. The Bertz CT molecular complexity index is 751. The second-order valence-corrected chi connectivity index (χ2v) is 6.38. The van der Waals surface area contributed by atoms with Crippen molar-refractivity contribution < 1.29 is 4.74 Å². The number of nitrogens with one attached hydrogen (secondary N) is 1. The standard InChI is InChI=1S/C19H25N3O2.C2H6/c1-14-10-17(12-21(2)19(14)23)15-4-5-16(18(11-15)24-3)13-22-8-6-20-7-9-22;1-2/h4-5,10-12,20H,6-9,13H2,1-3H3;1-2H3. The van der Waals surface area contributed by atoms with Gasteiger partial charge in [0.15, 0.2) is 0 Å². The Morgan fingerprint density at radius 2 is 1.81 bits per heavy atom. The van der Waals surface area contributed by atoms with Crippen molar-refractivity contribution in [3.63, 3.8) is 0 Å². The fraction of sp³-hybridized carbons (Fsp3) is 0.476. The van der Waals surface area contributed by atoms with Crippen LogP contribution in [0.15, 0.2) is 35.3 Å². The van der Waals surface area contributed by atoms with Gasteiger partial charge >= 0.3 is 0 Å². The molecule has 5 nitrogen and oxygen atoms in total. The van der Waals surface area contributed by atoms with E-state index in [1.165, 1.54) is 5.56 Å². The molecular formula is C21H31N3O2. The van der Waals surface area contributed by atoms with E-state index in [1.807, 2.05) is 33.0 Å². The van der Waals surface area contributed by atoms with Gasteiger partial charge in [-0.25, -0.2) is 0 Å². The summed E-state index contributed by atoms with van der Waals surface area (Å²) in [7, 11) is 3.50. The van der Waals surface area contributed by atoms with Crippen LogP contribution in [0.4, 0.5) is 0 Å². The van der Waals surface area contributed by atoms with Crippen LogP contribution in [-0.2, 0) is 13.6 Å². The second kappa shape index (κ2) is 9.55. The summed E-state index contributed by atoms with van der Waals surface area (Å²) in [4.78, 5) is 14.3. The van der Waals surface area contributed by atoms with E-state index in [4.69, 9.17) is 4.74 Å². The minimum atomic E-state index is 0.0426. The van der Waals surface area contributed by atoms with Gasteiger partial charge in [0, 0.05) is 57.1 Å². The molecule has 26 heavy (non-hydrogen) atoms. The zero-order valence-electron chi connectivity index (χ0n) is 16.6. The minimum Gasteiger partial charge on any atom is -0.496 e. The Morgan fingerprint density at radius 1 is 1.12 bits per heavy atom. The number of benzene rings is 1. The van der Waals surface area contributed by atoms with Crippen molar-refractivity contribution in [2.75, 3.05) is 33.3 Å². The molecule has 1 aromatic heterocycles. The number of aromatic nitrogens is 1. The van der Waals surface area contributed by atoms with E-state index in [0.717, 1.165) is 55.2 Å². The first kappa shape index (κ1) is 20.2. The number of pyridine rings is 1. The second-order valence-electron chi connectivity index (χ2n) is 6.38. The van der Waals surface area contributed by atoms with E-state index in [0.29, 0.717) is 0 Å². The van der Waals surface area contributed by atoms with Crippen LogP contribution in [0.5, 0.6) is 5.75 Å². The van der Waals surface area contributed by atoms with Gasteiger partial charge in [-0.1, -0.05) is 26.0 Å². The topological polar surface area (TPSA) is 46.5 Å². The van der Waals surface area contributed by atoms with E-state index >= 15 is 0 Å². The van der Waals surface area contributed by atoms with Crippen molar-refractivity contribution in [3.8, 4) is 16.9 Å². The summed E-state index contributed by atoms with van der Waals surface area (Å²) in [6.07, 6.45) is 1.88. The monoisotopic (exact) mass is 357 g/mol.